The molecule has 3 rings (SSSR count). The highest BCUT2D eigenvalue weighted by Gasteiger charge is 2.21. The molecule has 0 bridgehead atoms. The van der Waals surface area contributed by atoms with Gasteiger partial charge in [0.2, 0.25) is 0 Å². The third-order valence-electron chi connectivity index (χ3n) is 2.69. The number of rotatable bonds is 1. The molecule has 1 aliphatic rings. The molecule has 0 amide bonds. The van der Waals surface area contributed by atoms with Crippen LogP contribution in [0.2, 0.25) is 0 Å². The number of benzene rings is 1. The maximum Gasteiger partial charge on any atom is 0.173 e. The maximum absolute atomic E-state index is 5.65. The highest BCUT2D eigenvalue weighted by Crippen LogP contribution is 2.42. The Kier molecular flexibility index (Phi) is 2.18. The van der Waals surface area contributed by atoms with Gasteiger partial charge < -0.3 is 19.7 Å². The lowest BCUT2D eigenvalue weighted by atomic mass is 10.0. The summed E-state index contributed by atoms with van der Waals surface area (Å²) in [6.07, 6.45) is 0. The van der Waals surface area contributed by atoms with Gasteiger partial charge in [0.05, 0.1) is 5.56 Å². The average Bonchev–Trinajstić information content (AvgIpc) is 2.75. The molecular weight excluding hydrogens is 220 g/mol. The van der Waals surface area contributed by atoms with Crippen LogP contribution < -0.4 is 15.2 Å². The van der Waals surface area contributed by atoms with Gasteiger partial charge in [0.1, 0.15) is 13.2 Å². The summed E-state index contributed by atoms with van der Waals surface area (Å²) in [5.74, 6) is 2.38. The molecule has 2 aromatic rings. The normalized spacial score (nSPS) is 13.7. The van der Waals surface area contributed by atoms with Gasteiger partial charge in [-0.1, -0.05) is 11.2 Å². The Labute approximate surface area is 98.1 Å². The summed E-state index contributed by atoms with van der Waals surface area (Å²) in [5.41, 5.74) is 7.45. The molecule has 0 saturated carbocycles. The van der Waals surface area contributed by atoms with Gasteiger partial charge in [-0.25, -0.2) is 0 Å². The summed E-state index contributed by atoms with van der Waals surface area (Å²) in [6.45, 7) is 3.08. The number of fused-ring (bicyclic) bond motifs is 1. The standard InChI is InChI=1S/C12H12N2O3/c1-7-2-3-8-12(16-5-4-15-8)11(7)9-6-10(13)14-17-9/h2-3,6H,4-5H2,1H3,(H2,13,14). The second-order valence-corrected chi connectivity index (χ2v) is 3.90. The van der Waals surface area contributed by atoms with E-state index >= 15 is 0 Å². The van der Waals surface area contributed by atoms with E-state index in [2.05, 4.69) is 5.16 Å². The van der Waals surface area contributed by atoms with Gasteiger partial charge in [0.15, 0.2) is 23.1 Å². The first-order chi connectivity index (χ1) is 8.25. The third kappa shape index (κ3) is 1.60. The van der Waals surface area contributed by atoms with E-state index in [9.17, 15) is 0 Å². The summed E-state index contributed by atoms with van der Waals surface area (Å²) in [7, 11) is 0. The van der Waals surface area contributed by atoms with Gasteiger partial charge in [-0.3, -0.25) is 0 Å². The highest BCUT2D eigenvalue weighted by molar-refractivity contribution is 5.74. The van der Waals surface area contributed by atoms with E-state index < -0.39 is 0 Å². The Bertz CT molecular complexity index is 563. The number of hydrogen-bond acceptors (Lipinski definition) is 5. The first-order valence-electron chi connectivity index (χ1n) is 5.37. The largest absolute Gasteiger partial charge is 0.486 e. The third-order valence-corrected chi connectivity index (χ3v) is 2.69. The lowest BCUT2D eigenvalue weighted by Crippen LogP contribution is -2.16. The average molecular weight is 232 g/mol. The van der Waals surface area contributed by atoms with Gasteiger partial charge >= 0.3 is 0 Å². The van der Waals surface area contributed by atoms with E-state index in [4.69, 9.17) is 19.7 Å². The maximum atomic E-state index is 5.65. The van der Waals surface area contributed by atoms with Crippen molar-refractivity contribution in [2.75, 3.05) is 18.9 Å². The van der Waals surface area contributed by atoms with Crippen LogP contribution in [0.5, 0.6) is 11.5 Å². The van der Waals surface area contributed by atoms with Gasteiger partial charge in [-0.15, -0.1) is 0 Å². The Hall–Kier alpha value is -2.17. The van der Waals surface area contributed by atoms with E-state index in [1.807, 2.05) is 19.1 Å². The van der Waals surface area contributed by atoms with E-state index in [0.717, 1.165) is 16.9 Å². The predicted octanol–water partition coefficient (Wildman–Crippen LogP) is 2.00. The van der Waals surface area contributed by atoms with Gasteiger partial charge in [0.25, 0.3) is 0 Å². The fourth-order valence-electron chi connectivity index (χ4n) is 1.93. The van der Waals surface area contributed by atoms with Crippen molar-refractivity contribution in [1.82, 2.24) is 5.16 Å². The molecule has 2 N–H and O–H groups in total. The number of hydrogen-bond donors (Lipinski definition) is 1. The van der Waals surface area contributed by atoms with Crippen LogP contribution in [-0.2, 0) is 0 Å². The summed E-state index contributed by atoms with van der Waals surface area (Å²) >= 11 is 0. The van der Waals surface area contributed by atoms with Gasteiger partial charge in [-0.05, 0) is 18.6 Å². The Morgan fingerprint density at radius 2 is 2.06 bits per heavy atom. The molecule has 0 unspecified atom stereocenters. The van der Waals surface area contributed by atoms with Crippen LogP contribution in [0.3, 0.4) is 0 Å². The molecule has 0 fully saturated rings. The fourth-order valence-corrected chi connectivity index (χ4v) is 1.93. The molecule has 0 saturated heterocycles. The first kappa shape index (κ1) is 10.0. The molecule has 1 aliphatic heterocycles. The molecule has 1 aromatic carbocycles. The van der Waals surface area contributed by atoms with Crippen molar-refractivity contribution < 1.29 is 14.0 Å². The highest BCUT2D eigenvalue weighted by atomic mass is 16.6. The second kappa shape index (κ2) is 3.69. The minimum atomic E-state index is 0.355. The Morgan fingerprint density at radius 1 is 1.24 bits per heavy atom. The number of nitrogens with zero attached hydrogens (tertiary/aromatic N) is 1. The van der Waals surface area contributed by atoms with E-state index in [1.165, 1.54) is 0 Å². The van der Waals surface area contributed by atoms with Crippen LogP contribution in [0.25, 0.3) is 11.3 Å². The lowest BCUT2D eigenvalue weighted by molar-refractivity contribution is 0.172. The number of ether oxygens (including phenoxy) is 2. The van der Waals surface area contributed by atoms with Crippen LogP contribution >= 0.6 is 0 Å². The zero-order valence-corrected chi connectivity index (χ0v) is 9.40. The zero-order chi connectivity index (χ0) is 11.8. The predicted molar refractivity (Wildman–Crippen MR) is 62.1 cm³/mol. The monoisotopic (exact) mass is 232 g/mol. The van der Waals surface area contributed by atoms with Crippen molar-refractivity contribution in [2.24, 2.45) is 0 Å². The summed E-state index contributed by atoms with van der Waals surface area (Å²) in [5, 5.41) is 3.69. The number of aromatic nitrogens is 1. The molecular formula is C12H12N2O3. The number of nitrogen functional groups attached to an aromatic ring is 1. The first-order valence-corrected chi connectivity index (χ1v) is 5.37. The lowest BCUT2D eigenvalue weighted by Gasteiger charge is -2.21. The second-order valence-electron chi connectivity index (χ2n) is 3.90. The summed E-state index contributed by atoms with van der Waals surface area (Å²) < 4.78 is 16.4. The topological polar surface area (TPSA) is 70.5 Å². The van der Waals surface area contributed by atoms with Gasteiger partial charge in [-0.2, -0.15) is 0 Å². The van der Waals surface area contributed by atoms with Crippen molar-refractivity contribution in [3.05, 3.63) is 23.8 Å². The zero-order valence-electron chi connectivity index (χ0n) is 9.40. The molecule has 88 valence electrons. The number of anilines is 1. The quantitative estimate of drug-likeness (QED) is 0.814. The van der Waals surface area contributed by atoms with Crippen molar-refractivity contribution in [3.8, 4) is 22.8 Å². The van der Waals surface area contributed by atoms with E-state index in [-0.39, 0.29) is 0 Å². The van der Waals surface area contributed by atoms with Crippen LogP contribution in [-0.4, -0.2) is 18.4 Å². The molecule has 5 nitrogen and oxygen atoms in total. The summed E-state index contributed by atoms with van der Waals surface area (Å²) in [4.78, 5) is 0. The van der Waals surface area contributed by atoms with Crippen molar-refractivity contribution in [2.45, 2.75) is 6.92 Å². The molecule has 0 radical (unpaired) electrons. The molecule has 5 heteroatoms. The van der Waals surface area contributed by atoms with Crippen LogP contribution in [0.1, 0.15) is 5.56 Å². The molecule has 0 atom stereocenters. The SMILES string of the molecule is Cc1ccc2c(c1-c1cc(N)no1)OCCO2. The number of aryl methyl sites for hydroxylation is 1. The van der Waals surface area contributed by atoms with E-state index in [0.29, 0.717) is 30.5 Å². The molecule has 1 aromatic heterocycles. The van der Waals surface area contributed by atoms with Crippen molar-refractivity contribution >= 4 is 5.82 Å². The van der Waals surface area contributed by atoms with E-state index in [1.54, 1.807) is 6.07 Å². The fraction of sp³-hybridized carbons (Fsp3) is 0.250. The Balaban J connectivity index is 2.20. The van der Waals surface area contributed by atoms with Crippen molar-refractivity contribution in [1.29, 1.82) is 0 Å². The minimum Gasteiger partial charge on any atom is -0.486 e. The van der Waals surface area contributed by atoms with Gasteiger partial charge in [0, 0.05) is 6.07 Å². The smallest absolute Gasteiger partial charge is 0.173 e. The van der Waals surface area contributed by atoms with Crippen molar-refractivity contribution in [3.63, 3.8) is 0 Å². The molecule has 17 heavy (non-hydrogen) atoms. The number of nitrogens with two attached hydrogens (primary N) is 1. The van der Waals surface area contributed by atoms with Crippen LogP contribution in [0, 0.1) is 6.92 Å². The molecule has 0 spiro atoms. The van der Waals surface area contributed by atoms with Crippen LogP contribution in [0.4, 0.5) is 5.82 Å². The van der Waals surface area contributed by atoms with Crippen LogP contribution in [0.15, 0.2) is 22.7 Å². The summed E-state index contributed by atoms with van der Waals surface area (Å²) in [6, 6.07) is 5.54. The molecule has 2 heterocycles. The Morgan fingerprint density at radius 3 is 2.82 bits per heavy atom. The minimum absolute atomic E-state index is 0.355. The molecule has 0 aliphatic carbocycles.